The first-order valence-electron chi connectivity index (χ1n) is 10.7. The first kappa shape index (κ1) is 27.5. The zero-order valence-electron chi connectivity index (χ0n) is 19.1. The van der Waals surface area contributed by atoms with E-state index in [9.17, 15) is 27.6 Å². The number of unbranched alkanes of at least 4 members (excludes halogenated alkanes) is 1. The van der Waals surface area contributed by atoms with Gasteiger partial charge in [-0.05, 0) is 65.4 Å². The molecule has 0 spiro atoms. The van der Waals surface area contributed by atoms with Crippen LogP contribution in [0.3, 0.4) is 0 Å². The molecule has 0 saturated carbocycles. The van der Waals surface area contributed by atoms with Crippen molar-refractivity contribution in [1.29, 1.82) is 0 Å². The van der Waals surface area contributed by atoms with Crippen molar-refractivity contribution in [2.75, 3.05) is 6.54 Å². The lowest BCUT2D eigenvalue weighted by molar-refractivity contribution is -0.177. The highest BCUT2D eigenvalue weighted by Gasteiger charge is 2.41. The third-order valence-corrected chi connectivity index (χ3v) is 4.49. The van der Waals surface area contributed by atoms with E-state index >= 15 is 0 Å². The first-order valence-corrected chi connectivity index (χ1v) is 10.7. The SMILES string of the molecule is Cc1ccc(CCCC(=O)NCCCCC(NC(=O)C(F)(F)F)C(=O)OC(C)(C)C)cc1. The summed E-state index contributed by atoms with van der Waals surface area (Å²) in [6.45, 7) is 7.10. The maximum atomic E-state index is 12.6. The largest absolute Gasteiger partial charge is 0.471 e. The number of ether oxygens (including phenoxy) is 1. The Labute approximate surface area is 187 Å². The molecule has 1 aromatic carbocycles. The molecule has 0 aromatic heterocycles. The quantitative estimate of drug-likeness (QED) is 0.388. The summed E-state index contributed by atoms with van der Waals surface area (Å²) in [6.07, 6.45) is -2.47. The average molecular weight is 459 g/mol. The van der Waals surface area contributed by atoms with E-state index in [1.54, 1.807) is 26.1 Å². The van der Waals surface area contributed by atoms with E-state index in [1.165, 1.54) is 5.56 Å². The number of amides is 2. The maximum absolute atomic E-state index is 12.6. The van der Waals surface area contributed by atoms with E-state index in [4.69, 9.17) is 4.74 Å². The Kier molecular flexibility index (Phi) is 10.7. The van der Waals surface area contributed by atoms with Gasteiger partial charge in [-0.15, -0.1) is 0 Å². The molecule has 0 aliphatic carbocycles. The predicted octanol–water partition coefficient (Wildman–Crippen LogP) is 3.99. The minimum absolute atomic E-state index is 0.0278. The number of benzene rings is 1. The summed E-state index contributed by atoms with van der Waals surface area (Å²) < 4.78 is 42.8. The minimum atomic E-state index is -5.09. The molecule has 0 aliphatic heterocycles. The number of hydrogen-bond donors (Lipinski definition) is 2. The molecule has 180 valence electrons. The summed E-state index contributed by atoms with van der Waals surface area (Å²) in [4.78, 5) is 35.4. The van der Waals surface area contributed by atoms with Crippen molar-refractivity contribution in [3.05, 3.63) is 35.4 Å². The summed E-state index contributed by atoms with van der Waals surface area (Å²) in [5.74, 6) is -3.21. The van der Waals surface area contributed by atoms with E-state index in [-0.39, 0.29) is 12.3 Å². The van der Waals surface area contributed by atoms with E-state index < -0.39 is 29.7 Å². The Bertz CT molecular complexity index is 756. The zero-order valence-corrected chi connectivity index (χ0v) is 19.1. The van der Waals surface area contributed by atoms with Crippen molar-refractivity contribution in [3.8, 4) is 0 Å². The zero-order chi connectivity index (χ0) is 24.4. The molecule has 1 rings (SSSR count). The summed E-state index contributed by atoms with van der Waals surface area (Å²) in [5.41, 5.74) is 1.45. The highest BCUT2D eigenvalue weighted by Crippen LogP contribution is 2.17. The van der Waals surface area contributed by atoms with E-state index in [2.05, 4.69) is 5.32 Å². The third kappa shape index (κ3) is 11.7. The molecule has 9 heteroatoms. The van der Waals surface area contributed by atoms with Gasteiger partial charge < -0.3 is 15.4 Å². The molecule has 0 radical (unpaired) electrons. The molecule has 1 atom stereocenters. The van der Waals surface area contributed by atoms with Crippen LogP contribution in [0.25, 0.3) is 0 Å². The normalized spacial score (nSPS) is 12.7. The monoisotopic (exact) mass is 458 g/mol. The van der Waals surface area contributed by atoms with Crippen molar-refractivity contribution < 1.29 is 32.3 Å². The molecule has 32 heavy (non-hydrogen) atoms. The van der Waals surface area contributed by atoms with Crippen molar-refractivity contribution in [2.45, 2.75) is 84.0 Å². The summed E-state index contributed by atoms with van der Waals surface area (Å²) >= 11 is 0. The fourth-order valence-corrected chi connectivity index (χ4v) is 2.86. The van der Waals surface area contributed by atoms with Crippen molar-refractivity contribution >= 4 is 17.8 Å². The summed E-state index contributed by atoms with van der Waals surface area (Å²) in [5, 5.41) is 4.46. The Balaban J connectivity index is 2.37. The fraction of sp³-hybridized carbons (Fsp3) is 0.609. The van der Waals surface area contributed by atoms with Crippen molar-refractivity contribution in [2.24, 2.45) is 0 Å². The molecule has 6 nitrogen and oxygen atoms in total. The molecule has 0 bridgehead atoms. The molecule has 0 heterocycles. The van der Waals surface area contributed by atoms with Crippen LogP contribution in [-0.4, -0.2) is 42.1 Å². The topological polar surface area (TPSA) is 84.5 Å². The summed E-state index contributed by atoms with van der Waals surface area (Å²) in [6, 6.07) is 6.71. The van der Waals surface area contributed by atoms with Crippen LogP contribution in [0.15, 0.2) is 24.3 Å². The Morgan fingerprint density at radius 2 is 1.62 bits per heavy atom. The maximum Gasteiger partial charge on any atom is 0.471 e. The van der Waals surface area contributed by atoms with Gasteiger partial charge in [0.2, 0.25) is 5.91 Å². The Hall–Kier alpha value is -2.58. The summed E-state index contributed by atoms with van der Waals surface area (Å²) in [7, 11) is 0. The second-order valence-corrected chi connectivity index (χ2v) is 8.74. The van der Waals surface area contributed by atoms with E-state index in [0.29, 0.717) is 32.2 Å². The third-order valence-electron chi connectivity index (χ3n) is 4.49. The number of esters is 1. The van der Waals surface area contributed by atoms with Gasteiger partial charge in [-0.1, -0.05) is 29.8 Å². The molecule has 2 amide bonds. The number of nitrogens with one attached hydrogen (secondary N) is 2. The molecular formula is C23H33F3N2O4. The number of alkyl halides is 3. The van der Waals surface area contributed by atoms with E-state index in [0.717, 1.165) is 12.0 Å². The second-order valence-electron chi connectivity index (χ2n) is 8.74. The number of halogens is 3. The Morgan fingerprint density at radius 1 is 1.00 bits per heavy atom. The molecule has 1 unspecified atom stereocenters. The van der Waals surface area contributed by atoms with Gasteiger partial charge in [0, 0.05) is 13.0 Å². The number of carbonyl (C=O) groups is 3. The second kappa shape index (κ2) is 12.5. The molecular weight excluding hydrogens is 425 g/mol. The van der Waals surface area contributed by atoms with Gasteiger partial charge in [-0.25, -0.2) is 4.79 Å². The highest BCUT2D eigenvalue weighted by atomic mass is 19.4. The predicted molar refractivity (Wildman–Crippen MR) is 115 cm³/mol. The highest BCUT2D eigenvalue weighted by molar-refractivity contribution is 5.87. The molecule has 1 aromatic rings. The van der Waals surface area contributed by atoms with Gasteiger partial charge in [-0.2, -0.15) is 13.2 Å². The van der Waals surface area contributed by atoms with Gasteiger partial charge >= 0.3 is 18.1 Å². The lowest BCUT2D eigenvalue weighted by Crippen LogP contribution is -2.48. The van der Waals surface area contributed by atoms with Crippen LogP contribution in [0.5, 0.6) is 0 Å². The van der Waals surface area contributed by atoms with Crippen LogP contribution in [0.2, 0.25) is 0 Å². The van der Waals surface area contributed by atoms with Gasteiger partial charge in [0.05, 0.1) is 0 Å². The van der Waals surface area contributed by atoms with Gasteiger partial charge in [0.15, 0.2) is 0 Å². The lowest BCUT2D eigenvalue weighted by Gasteiger charge is -2.25. The van der Waals surface area contributed by atoms with E-state index in [1.807, 2.05) is 31.2 Å². The standard InChI is InChI=1S/C23H33F3N2O4/c1-16-11-13-17(14-12-16)8-7-10-19(29)27-15-6-5-9-18(20(30)32-22(2,3)4)28-21(31)23(24,25)26/h11-14,18H,5-10,15H2,1-4H3,(H,27,29)(H,28,31). The lowest BCUT2D eigenvalue weighted by atomic mass is 10.1. The number of aryl methyl sites for hydroxylation is 2. The van der Waals surface area contributed by atoms with Crippen LogP contribution in [-0.2, 0) is 25.5 Å². The smallest absolute Gasteiger partial charge is 0.458 e. The minimum Gasteiger partial charge on any atom is -0.458 e. The fourth-order valence-electron chi connectivity index (χ4n) is 2.86. The molecule has 0 fully saturated rings. The van der Waals surface area contributed by atoms with Gasteiger partial charge in [-0.3, -0.25) is 9.59 Å². The average Bonchev–Trinajstić information content (AvgIpc) is 2.66. The van der Waals surface area contributed by atoms with Crippen LogP contribution in [0, 0.1) is 6.92 Å². The van der Waals surface area contributed by atoms with Crippen LogP contribution in [0.4, 0.5) is 13.2 Å². The van der Waals surface area contributed by atoms with Crippen molar-refractivity contribution in [3.63, 3.8) is 0 Å². The molecule has 0 aliphatic rings. The Morgan fingerprint density at radius 3 is 2.19 bits per heavy atom. The first-order chi connectivity index (χ1) is 14.8. The number of carbonyl (C=O) groups excluding carboxylic acids is 3. The molecule has 2 N–H and O–H groups in total. The van der Waals surface area contributed by atoms with Crippen molar-refractivity contribution in [1.82, 2.24) is 10.6 Å². The number of rotatable bonds is 11. The van der Waals surface area contributed by atoms with Crippen LogP contribution in [0.1, 0.15) is 64.0 Å². The van der Waals surface area contributed by atoms with Crippen LogP contribution >= 0.6 is 0 Å². The molecule has 0 saturated heterocycles. The van der Waals surface area contributed by atoms with Gasteiger partial charge in [0.1, 0.15) is 11.6 Å². The van der Waals surface area contributed by atoms with Gasteiger partial charge in [0.25, 0.3) is 0 Å². The van der Waals surface area contributed by atoms with Crippen LogP contribution < -0.4 is 10.6 Å². The number of hydrogen-bond acceptors (Lipinski definition) is 4.